The maximum Gasteiger partial charge on any atom is 0.355 e. The molecule has 4 aromatic heterocycles. The van der Waals surface area contributed by atoms with Gasteiger partial charge in [-0.25, -0.2) is 19.7 Å². The van der Waals surface area contributed by atoms with E-state index < -0.39 is 5.97 Å². The Kier molecular flexibility index (Phi) is 6.97. The van der Waals surface area contributed by atoms with Crippen molar-refractivity contribution in [1.82, 2.24) is 24.7 Å². The zero-order valence-electron chi connectivity index (χ0n) is 23.9. The van der Waals surface area contributed by atoms with Crippen LogP contribution in [0.1, 0.15) is 58.4 Å². The van der Waals surface area contributed by atoms with Crippen LogP contribution < -0.4 is 10.2 Å². The van der Waals surface area contributed by atoms with E-state index in [2.05, 4.69) is 46.1 Å². The summed E-state index contributed by atoms with van der Waals surface area (Å²) in [5.74, 6) is -0.795. The molecule has 0 fully saturated rings. The summed E-state index contributed by atoms with van der Waals surface area (Å²) in [4.78, 5) is 41.9. The van der Waals surface area contributed by atoms with Crippen LogP contribution in [0.2, 0.25) is 0 Å². The summed E-state index contributed by atoms with van der Waals surface area (Å²) in [6, 6.07) is 13.1. The van der Waals surface area contributed by atoms with E-state index in [9.17, 15) is 14.7 Å². The van der Waals surface area contributed by atoms with Crippen LogP contribution in [0.5, 0.6) is 0 Å². The van der Waals surface area contributed by atoms with E-state index in [1.165, 1.54) is 11.3 Å². The largest absolute Gasteiger partial charge is 0.476 e. The molecule has 1 aliphatic heterocycles. The quantitative estimate of drug-likeness (QED) is 0.257. The number of fused-ring (bicyclic) bond motifs is 2. The van der Waals surface area contributed by atoms with Crippen LogP contribution in [0.3, 0.4) is 0 Å². The predicted octanol–water partition coefficient (Wildman–Crippen LogP) is 5.82. The van der Waals surface area contributed by atoms with Crippen molar-refractivity contribution in [2.75, 3.05) is 16.8 Å². The molecule has 0 radical (unpaired) electrons. The van der Waals surface area contributed by atoms with Crippen molar-refractivity contribution < 1.29 is 14.7 Å². The highest BCUT2D eigenvalue weighted by molar-refractivity contribution is 7.21. The fourth-order valence-electron chi connectivity index (χ4n) is 5.30. The molecule has 10 nitrogen and oxygen atoms in total. The lowest BCUT2D eigenvalue weighted by Crippen LogP contribution is -2.33. The monoisotopic (exact) mass is 581 g/mol. The van der Waals surface area contributed by atoms with Gasteiger partial charge in [0.25, 0.3) is 5.91 Å². The molecule has 0 unspecified atom stereocenters. The molecule has 5 aromatic rings. The SMILES string of the molecule is Cc1c(-c2ccc(N3CCc4cccc(C(=O)Nc5nc6cccnc6s5)c4C3)nc2C(=O)O)cnn1CC(C)(C)C. The molecule has 5 heterocycles. The van der Waals surface area contributed by atoms with Crippen LogP contribution in [0.15, 0.2) is 54.9 Å². The number of nitrogens with zero attached hydrogens (tertiary/aromatic N) is 6. The van der Waals surface area contributed by atoms with Crippen LogP contribution in [-0.2, 0) is 19.5 Å². The summed E-state index contributed by atoms with van der Waals surface area (Å²) in [6.07, 6.45) is 4.12. The molecule has 0 saturated heterocycles. The number of aromatic nitrogens is 5. The highest BCUT2D eigenvalue weighted by Gasteiger charge is 2.26. The summed E-state index contributed by atoms with van der Waals surface area (Å²) >= 11 is 1.33. The molecule has 0 aliphatic carbocycles. The van der Waals surface area contributed by atoms with E-state index in [-0.39, 0.29) is 17.0 Å². The van der Waals surface area contributed by atoms with Crippen molar-refractivity contribution in [2.45, 2.75) is 47.2 Å². The molecule has 2 N–H and O–H groups in total. The van der Waals surface area contributed by atoms with Gasteiger partial charge >= 0.3 is 5.97 Å². The lowest BCUT2D eigenvalue weighted by molar-refractivity contribution is 0.0691. The third kappa shape index (κ3) is 5.35. The second kappa shape index (κ2) is 10.6. The lowest BCUT2D eigenvalue weighted by atomic mass is 9.94. The van der Waals surface area contributed by atoms with Gasteiger partial charge in [-0.05, 0) is 60.2 Å². The molecule has 1 aromatic carbocycles. The molecule has 42 heavy (non-hydrogen) atoms. The maximum absolute atomic E-state index is 13.4. The number of benzene rings is 1. The first-order valence-corrected chi connectivity index (χ1v) is 14.5. The third-order valence-electron chi connectivity index (χ3n) is 7.33. The number of amides is 1. The van der Waals surface area contributed by atoms with E-state index in [0.29, 0.717) is 48.1 Å². The number of rotatable bonds is 6. The summed E-state index contributed by atoms with van der Waals surface area (Å²) in [5.41, 5.74) is 5.46. The molecular weight excluding hydrogens is 550 g/mol. The van der Waals surface area contributed by atoms with Gasteiger partial charge in [-0.15, -0.1) is 0 Å². The molecule has 0 atom stereocenters. The third-order valence-corrected chi connectivity index (χ3v) is 8.22. The van der Waals surface area contributed by atoms with Gasteiger partial charge in [-0.2, -0.15) is 5.10 Å². The van der Waals surface area contributed by atoms with E-state index in [0.717, 1.165) is 32.7 Å². The fraction of sp³-hybridized carbons (Fsp3) is 0.290. The molecule has 0 spiro atoms. The van der Waals surface area contributed by atoms with Crippen molar-refractivity contribution in [2.24, 2.45) is 5.41 Å². The van der Waals surface area contributed by atoms with Crippen LogP contribution in [0.25, 0.3) is 21.5 Å². The van der Waals surface area contributed by atoms with Gasteiger partial charge in [0.1, 0.15) is 16.2 Å². The molecule has 0 saturated carbocycles. The van der Waals surface area contributed by atoms with Crippen molar-refractivity contribution in [3.05, 3.63) is 82.9 Å². The first-order chi connectivity index (χ1) is 20.1. The summed E-state index contributed by atoms with van der Waals surface area (Å²) in [7, 11) is 0. The van der Waals surface area contributed by atoms with Crippen LogP contribution in [0, 0.1) is 12.3 Å². The highest BCUT2D eigenvalue weighted by Crippen LogP contribution is 2.32. The number of carboxylic acids is 1. The van der Waals surface area contributed by atoms with Gasteiger partial charge in [0, 0.05) is 48.2 Å². The lowest BCUT2D eigenvalue weighted by Gasteiger charge is -2.31. The molecule has 1 amide bonds. The first-order valence-electron chi connectivity index (χ1n) is 13.7. The minimum Gasteiger partial charge on any atom is -0.476 e. The number of carbonyl (C=O) groups excluding carboxylic acids is 1. The number of carbonyl (C=O) groups is 2. The standard InChI is InChI=1S/C31H31N7O3S/c1-18-22(15-33-38(18)17-31(2,3)4)20-10-11-25(35-26(20)29(40)41)37-14-12-19-7-5-8-21(23(19)16-37)27(39)36-30-34-24-9-6-13-32-28(24)42-30/h5-11,13,15H,12,14,16-17H2,1-4H3,(H,40,41)(H,34,36,39). The topological polar surface area (TPSA) is 126 Å². The van der Waals surface area contributed by atoms with Gasteiger partial charge in [0.2, 0.25) is 0 Å². The van der Waals surface area contributed by atoms with E-state index in [1.54, 1.807) is 18.5 Å². The van der Waals surface area contributed by atoms with Crippen molar-refractivity contribution in [1.29, 1.82) is 0 Å². The number of thiazole rings is 1. The number of anilines is 2. The minimum atomic E-state index is -1.10. The number of hydrogen-bond donors (Lipinski definition) is 2. The minimum absolute atomic E-state index is 0.0211. The number of nitrogens with one attached hydrogen (secondary N) is 1. The highest BCUT2D eigenvalue weighted by atomic mass is 32.1. The van der Waals surface area contributed by atoms with E-state index >= 15 is 0 Å². The summed E-state index contributed by atoms with van der Waals surface area (Å²) in [6.45, 7) is 10.1. The Bertz CT molecular complexity index is 1800. The fourth-order valence-corrected chi connectivity index (χ4v) is 6.10. The second-order valence-corrected chi connectivity index (χ2v) is 12.6. The second-order valence-electron chi connectivity index (χ2n) is 11.6. The first kappa shape index (κ1) is 27.5. The van der Waals surface area contributed by atoms with Gasteiger partial charge in [0.15, 0.2) is 10.8 Å². The number of aromatic carboxylic acids is 1. The Hall–Kier alpha value is -4.64. The Morgan fingerprint density at radius 2 is 1.90 bits per heavy atom. The number of pyridine rings is 2. The molecular formula is C31H31N7O3S. The van der Waals surface area contributed by atoms with Crippen LogP contribution in [-0.4, -0.2) is 48.3 Å². The van der Waals surface area contributed by atoms with E-state index in [4.69, 9.17) is 0 Å². The Morgan fingerprint density at radius 3 is 2.67 bits per heavy atom. The number of hydrogen-bond acceptors (Lipinski definition) is 8. The zero-order chi connectivity index (χ0) is 29.6. The Balaban J connectivity index is 1.28. The zero-order valence-corrected chi connectivity index (χ0v) is 24.7. The molecule has 11 heteroatoms. The normalized spacial score (nSPS) is 13.3. The van der Waals surface area contributed by atoms with Crippen molar-refractivity contribution in [3.63, 3.8) is 0 Å². The Labute approximate surface area is 247 Å². The van der Waals surface area contributed by atoms with Gasteiger partial charge in [-0.3, -0.25) is 14.8 Å². The number of carboxylic acid groups (broad SMARTS) is 1. The van der Waals surface area contributed by atoms with Gasteiger partial charge in [0.05, 0.1) is 6.20 Å². The molecule has 1 aliphatic rings. The average molecular weight is 582 g/mol. The van der Waals surface area contributed by atoms with Crippen LogP contribution >= 0.6 is 11.3 Å². The van der Waals surface area contributed by atoms with Crippen LogP contribution in [0.4, 0.5) is 10.9 Å². The average Bonchev–Trinajstić information content (AvgIpc) is 3.53. The maximum atomic E-state index is 13.4. The Morgan fingerprint density at radius 1 is 1.07 bits per heavy atom. The van der Waals surface area contributed by atoms with Gasteiger partial charge in [-0.1, -0.05) is 44.2 Å². The smallest absolute Gasteiger partial charge is 0.355 e. The van der Waals surface area contributed by atoms with Crippen molar-refractivity contribution >= 4 is 44.5 Å². The molecule has 6 rings (SSSR count). The summed E-state index contributed by atoms with van der Waals surface area (Å²) in [5, 5.41) is 18.1. The van der Waals surface area contributed by atoms with Gasteiger partial charge < -0.3 is 10.0 Å². The summed E-state index contributed by atoms with van der Waals surface area (Å²) < 4.78 is 1.91. The predicted molar refractivity (Wildman–Crippen MR) is 163 cm³/mol. The van der Waals surface area contributed by atoms with Crippen molar-refractivity contribution in [3.8, 4) is 11.1 Å². The van der Waals surface area contributed by atoms with E-state index in [1.807, 2.05) is 52.9 Å². The molecule has 214 valence electrons. The molecule has 0 bridgehead atoms.